The van der Waals surface area contributed by atoms with Gasteiger partial charge in [0.25, 0.3) is 0 Å². The SMILES string of the molecule is C=C1CC[C@H]2[C@@](C)(C[C@H](O)[C@@H](OC(=O)C(C)=CC)[C@]2(C)CO)[C@@H]1CCc1ccoc1. The number of ether oxygens (including phenoxy) is 1. The fraction of sp³-hybridized carbons (Fsp3) is 0.640. The van der Waals surface area contributed by atoms with Crippen LogP contribution < -0.4 is 0 Å². The Hall–Kier alpha value is -1.85. The smallest absolute Gasteiger partial charge is 0.333 e. The van der Waals surface area contributed by atoms with Gasteiger partial charge in [0.1, 0.15) is 6.10 Å². The molecule has 2 aliphatic rings. The Morgan fingerprint density at radius 3 is 2.77 bits per heavy atom. The lowest BCUT2D eigenvalue weighted by Crippen LogP contribution is -2.63. The highest BCUT2D eigenvalue weighted by atomic mass is 16.6. The molecule has 0 bridgehead atoms. The second-order valence-corrected chi connectivity index (χ2v) is 9.71. The van der Waals surface area contributed by atoms with Gasteiger partial charge in [-0.2, -0.15) is 0 Å². The molecule has 0 radical (unpaired) electrons. The van der Waals surface area contributed by atoms with E-state index in [2.05, 4.69) is 13.5 Å². The van der Waals surface area contributed by atoms with Crippen LogP contribution in [0.1, 0.15) is 58.9 Å². The Labute approximate surface area is 179 Å². The Kier molecular flexibility index (Phi) is 6.63. The second-order valence-electron chi connectivity index (χ2n) is 9.71. The van der Waals surface area contributed by atoms with Gasteiger partial charge in [-0.25, -0.2) is 4.79 Å². The summed E-state index contributed by atoms with van der Waals surface area (Å²) in [5, 5.41) is 21.6. The van der Waals surface area contributed by atoms with Crippen LogP contribution in [-0.2, 0) is 16.0 Å². The molecular formula is C25H36O5. The van der Waals surface area contributed by atoms with Gasteiger partial charge >= 0.3 is 5.97 Å². The molecule has 6 atom stereocenters. The van der Waals surface area contributed by atoms with Crippen molar-refractivity contribution in [3.05, 3.63) is 48.0 Å². The number of aliphatic hydroxyl groups is 2. The first-order valence-corrected chi connectivity index (χ1v) is 11.0. The van der Waals surface area contributed by atoms with Crippen molar-refractivity contribution in [2.45, 2.75) is 72.0 Å². The van der Waals surface area contributed by atoms with E-state index in [1.807, 2.05) is 13.0 Å². The highest BCUT2D eigenvalue weighted by molar-refractivity contribution is 5.87. The maximum atomic E-state index is 12.5. The summed E-state index contributed by atoms with van der Waals surface area (Å²) in [6, 6.07) is 1.98. The Morgan fingerprint density at radius 1 is 1.43 bits per heavy atom. The van der Waals surface area contributed by atoms with E-state index >= 15 is 0 Å². The van der Waals surface area contributed by atoms with Gasteiger partial charge in [0.15, 0.2) is 0 Å². The number of carbonyl (C=O) groups is 1. The molecule has 5 heteroatoms. The normalized spacial score (nSPS) is 37.0. The van der Waals surface area contributed by atoms with Crippen LogP contribution in [0.4, 0.5) is 0 Å². The van der Waals surface area contributed by atoms with Crippen molar-refractivity contribution in [2.75, 3.05) is 6.61 Å². The summed E-state index contributed by atoms with van der Waals surface area (Å²) in [7, 11) is 0. The van der Waals surface area contributed by atoms with Gasteiger partial charge < -0.3 is 19.4 Å². The molecule has 30 heavy (non-hydrogen) atoms. The molecule has 2 saturated carbocycles. The number of rotatable bonds is 6. The molecule has 2 N–H and O–H groups in total. The molecule has 0 amide bonds. The average molecular weight is 417 g/mol. The van der Waals surface area contributed by atoms with Crippen LogP contribution in [0.5, 0.6) is 0 Å². The predicted octanol–water partition coefficient (Wildman–Crippen LogP) is 4.44. The van der Waals surface area contributed by atoms with Gasteiger partial charge in [-0.05, 0) is 74.8 Å². The average Bonchev–Trinajstić information content (AvgIpc) is 3.23. The van der Waals surface area contributed by atoms with Crippen molar-refractivity contribution in [3.63, 3.8) is 0 Å². The fourth-order valence-corrected chi connectivity index (χ4v) is 6.13. The topological polar surface area (TPSA) is 79.9 Å². The van der Waals surface area contributed by atoms with Gasteiger partial charge in [-0.1, -0.05) is 32.1 Å². The maximum absolute atomic E-state index is 12.5. The Morgan fingerprint density at radius 2 is 2.17 bits per heavy atom. The van der Waals surface area contributed by atoms with Crippen LogP contribution in [0.25, 0.3) is 0 Å². The second kappa shape index (κ2) is 8.72. The van der Waals surface area contributed by atoms with Crippen molar-refractivity contribution < 1.29 is 24.2 Å². The number of esters is 1. The molecule has 2 fully saturated rings. The molecule has 0 aliphatic heterocycles. The number of fused-ring (bicyclic) bond motifs is 1. The molecule has 5 nitrogen and oxygen atoms in total. The standard InChI is InChI=1S/C25H36O5/c1-6-16(2)23(28)30-22-20(27)13-24(4)19(9-8-18-11-12-29-14-18)17(3)7-10-21(24)25(22,5)15-26/h6,11-12,14,19-22,26-27H,3,7-10,13,15H2,1-2,4-5H3/t19-,20+,21+,22-,24+,25-/m1/s1. The molecule has 0 spiro atoms. The Balaban J connectivity index is 1.90. The molecule has 166 valence electrons. The molecule has 1 aromatic heterocycles. The van der Waals surface area contributed by atoms with Crippen LogP contribution in [0.15, 0.2) is 46.8 Å². The van der Waals surface area contributed by atoms with Gasteiger partial charge in [0, 0.05) is 11.0 Å². The van der Waals surface area contributed by atoms with E-state index in [9.17, 15) is 15.0 Å². The van der Waals surface area contributed by atoms with Gasteiger partial charge in [0.2, 0.25) is 0 Å². The van der Waals surface area contributed by atoms with Crippen molar-refractivity contribution in [2.24, 2.45) is 22.7 Å². The van der Waals surface area contributed by atoms with Crippen LogP contribution in [0, 0.1) is 22.7 Å². The molecule has 1 aromatic rings. The van der Waals surface area contributed by atoms with Crippen LogP contribution in [0.2, 0.25) is 0 Å². The van der Waals surface area contributed by atoms with E-state index in [0.717, 1.165) is 31.2 Å². The molecule has 3 rings (SSSR count). The summed E-state index contributed by atoms with van der Waals surface area (Å²) in [5.41, 5.74) is 1.93. The monoisotopic (exact) mass is 416 g/mol. The molecule has 2 aliphatic carbocycles. The van der Waals surface area contributed by atoms with E-state index in [1.54, 1.807) is 32.4 Å². The molecular weight excluding hydrogens is 380 g/mol. The zero-order chi connectivity index (χ0) is 22.1. The minimum Gasteiger partial charge on any atom is -0.472 e. The minimum absolute atomic E-state index is 0.113. The summed E-state index contributed by atoms with van der Waals surface area (Å²) in [5.74, 6) is -0.0934. The van der Waals surface area contributed by atoms with Crippen molar-refractivity contribution in [3.8, 4) is 0 Å². The third kappa shape index (κ3) is 3.90. The van der Waals surface area contributed by atoms with Crippen molar-refractivity contribution >= 4 is 5.97 Å². The Bertz CT molecular complexity index is 794. The largest absolute Gasteiger partial charge is 0.472 e. The van der Waals surface area contributed by atoms with Crippen LogP contribution in [0.3, 0.4) is 0 Å². The van der Waals surface area contributed by atoms with E-state index in [-0.39, 0.29) is 23.9 Å². The number of hydrogen-bond acceptors (Lipinski definition) is 5. The lowest BCUT2D eigenvalue weighted by atomic mass is 9.45. The number of furan rings is 1. The molecule has 0 aromatic carbocycles. The highest BCUT2D eigenvalue weighted by Gasteiger charge is 2.61. The van der Waals surface area contributed by atoms with Crippen LogP contribution >= 0.6 is 0 Å². The summed E-state index contributed by atoms with van der Waals surface area (Å²) in [6.45, 7) is 11.9. The third-order valence-electron chi connectivity index (χ3n) is 7.91. The quantitative estimate of drug-likeness (QED) is 0.407. The van der Waals surface area contributed by atoms with E-state index < -0.39 is 23.6 Å². The number of hydrogen-bond donors (Lipinski definition) is 2. The highest BCUT2D eigenvalue weighted by Crippen LogP contribution is 2.62. The van der Waals surface area contributed by atoms with Crippen molar-refractivity contribution in [1.82, 2.24) is 0 Å². The van der Waals surface area contributed by atoms with E-state index in [4.69, 9.17) is 9.15 Å². The van der Waals surface area contributed by atoms with E-state index in [0.29, 0.717) is 12.0 Å². The third-order valence-corrected chi connectivity index (χ3v) is 7.91. The predicted molar refractivity (Wildman–Crippen MR) is 116 cm³/mol. The first-order chi connectivity index (χ1) is 14.2. The van der Waals surface area contributed by atoms with Gasteiger partial charge in [-0.15, -0.1) is 0 Å². The first-order valence-electron chi connectivity index (χ1n) is 11.0. The number of aryl methyl sites for hydroxylation is 1. The lowest BCUT2D eigenvalue weighted by molar-refractivity contribution is -0.216. The van der Waals surface area contributed by atoms with Gasteiger partial charge in [-0.3, -0.25) is 0 Å². The van der Waals surface area contributed by atoms with E-state index in [1.165, 1.54) is 5.57 Å². The van der Waals surface area contributed by atoms with Crippen molar-refractivity contribution in [1.29, 1.82) is 0 Å². The zero-order valence-corrected chi connectivity index (χ0v) is 18.7. The number of allylic oxidation sites excluding steroid dienone is 2. The number of aliphatic hydroxyl groups excluding tert-OH is 2. The molecule has 1 heterocycles. The summed E-state index contributed by atoms with van der Waals surface area (Å²) in [4.78, 5) is 12.5. The minimum atomic E-state index is -0.834. The van der Waals surface area contributed by atoms with Crippen LogP contribution in [-0.4, -0.2) is 35.0 Å². The first kappa shape index (κ1) is 22.8. The number of carbonyl (C=O) groups excluding carboxylic acids is 1. The zero-order valence-electron chi connectivity index (χ0n) is 18.7. The molecule has 0 unspecified atom stereocenters. The summed E-state index contributed by atoms with van der Waals surface area (Å²) in [6.07, 6.45) is 7.68. The summed E-state index contributed by atoms with van der Waals surface area (Å²) >= 11 is 0. The maximum Gasteiger partial charge on any atom is 0.333 e. The lowest BCUT2D eigenvalue weighted by Gasteiger charge is -2.61. The molecule has 0 saturated heterocycles. The van der Waals surface area contributed by atoms with Gasteiger partial charge in [0.05, 0.1) is 25.2 Å². The summed E-state index contributed by atoms with van der Waals surface area (Å²) < 4.78 is 11.0. The fourth-order valence-electron chi connectivity index (χ4n) is 6.13.